The second-order valence-electron chi connectivity index (χ2n) is 13.5. The zero-order valence-electron chi connectivity index (χ0n) is 24.9. The van der Waals surface area contributed by atoms with Crippen LogP contribution in [-0.2, 0) is 14.3 Å². The Balaban J connectivity index is 1.24. The van der Waals surface area contributed by atoms with Gasteiger partial charge >= 0.3 is 5.97 Å². The highest BCUT2D eigenvalue weighted by molar-refractivity contribution is 7.99. The number of ketones is 2. The van der Waals surface area contributed by atoms with Gasteiger partial charge < -0.3 is 14.3 Å². The van der Waals surface area contributed by atoms with Crippen molar-refractivity contribution in [1.82, 2.24) is 4.98 Å². The van der Waals surface area contributed by atoms with Crippen LogP contribution in [0.4, 0.5) is 4.39 Å². The molecule has 0 spiro atoms. The summed E-state index contributed by atoms with van der Waals surface area (Å²) in [6.45, 7) is 4.15. The average Bonchev–Trinajstić information content (AvgIpc) is 3.54. The standard InChI is InChI=1S/C35H36FNO6S/c1-33-15-13-21(38)17-20(33)11-12-22-24-14-16-35(34(24,2)18-27(39)30(22)33,43-31(41)23-7-3-4-8-25(23)36)29(40)19-44-32-37-26-9-5-6-10-28(26)42-32/h3-10,17,22,24,27,30,39H,11-16,18-19H2,1-2H3/t22?,24?,27?,30?,33?,34?,35-/m0/s1. The van der Waals surface area contributed by atoms with Crippen LogP contribution in [0.1, 0.15) is 69.2 Å². The van der Waals surface area contributed by atoms with Crippen molar-refractivity contribution in [3.8, 4) is 0 Å². The number of rotatable bonds is 6. The molecule has 4 aliphatic rings. The van der Waals surface area contributed by atoms with Crippen molar-refractivity contribution >= 4 is 40.4 Å². The highest BCUT2D eigenvalue weighted by Gasteiger charge is 2.70. The molecule has 0 saturated heterocycles. The summed E-state index contributed by atoms with van der Waals surface area (Å²) in [6.07, 6.45) is 4.95. The number of para-hydroxylation sites is 2. The van der Waals surface area contributed by atoms with Gasteiger partial charge in [0.1, 0.15) is 11.3 Å². The Morgan fingerprint density at radius 2 is 1.86 bits per heavy atom. The third kappa shape index (κ3) is 4.41. The Bertz CT molecular complexity index is 1670. The molecule has 3 saturated carbocycles. The lowest BCUT2D eigenvalue weighted by Gasteiger charge is -2.60. The van der Waals surface area contributed by atoms with Crippen molar-refractivity contribution in [2.75, 3.05) is 5.75 Å². The molecule has 3 fully saturated rings. The molecule has 0 amide bonds. The molecule has 3 aromatic rings. The third-order valence-corrected chi connectivity index (χ3v) is 12.3. The minimum atomic E-state index is -1.57. The van der Waals surface area contributed by atoms with Gasteiger partial charge in [-0.15, -0.1) is 0 Å². The summed E-state index contributed by atoms with van der Waals surface area (Å²) < 4.78 is 26.9. The topological polar surface area (TPSA) is 107 Å². The smallest absolute Gasteiger partial charge is 0.342 e. The van der Waals surface area contributed by atoms with E-state index in [0.29, 0.717) is 35.6 Å². The number of aliphatic hydroxyl groups excluding tert-OH is 1. The van der Waals surface area contributed by atoms with Gasteiger partial charge in [-0.2, -0.15) is 0 Å². The number of carbonyl (C=O) groups is 3. The highest BCUT2D eigenvalue weighted by atomic mass is 32.2. The number of thioether (sulfide) groups is 1. The van der Waals surface area contributed by atoms with Gasteiger partial charge in [0, 0.05) is 11.8 Å². The number of esters is 1. The molecular formula is C35H36FNO6S. The molecule has 0 radical (unpaired) electrons. The summed E-state index contributed by atoms with van der Waals surface area (Å²) in [5, 5.41) is 12.3. The molecule has 7 nitrogen and oxygen atoms in total. The Hall–Kier alpha value is -3.30. The number of aromatic nitrogens is 1. The molecule has 230 valence electrons. The summed E-state index contributed by atoms with van der Waals surface area (Å²) in [4.78, 5) is 44.9. The molecule has 4 aliphatic carbocycles. The first-order valence-electron chi connectivity index (χ1n) is 15.5. The number of allylic oxidation sites excluding steroid dienone is 1. The molecule has 7 rings (SSSR count). The van der Waals surface area contributed by atoms with Gasteiger partial charge in [-0.1, -0.05) is 55.4 Å². The lowest BCUT2D eigenvalue weighted by Crippen LogP contribution is -2.63. The number of halogens is 1. The maximum Gasteiger partial charge on any atom is 0.342 e. The maximum absolute atomic E-state index is 14.8. The second kappa shape index (κ2) is 10.7. The van der Waals surface area contributed by atoms with E-state index in [2.05, 4.69) is 11.9 Å². The number of aliphatic hydroxyl groups is 1. The van der Waals surface area contributed by atoms with E-state index < -0.39 is 28.9 Å². The molecule has 6 unspecified atom stereocenters. The second-order valence-corrected chi connectivity index (χ2v) is 14.4. The minimum absolute atomic E-state index is 0.00130. The van der Waals surface area contributed by atoms with Crippen LogP contribution in [0, 0.1) is 34.4 Å². The summed E-state index contributed by atoms with van der Waals surface area (Å²) in [6, 6.07) is 13.0. The van der Waals surface area contributed by atoms with Crippen molar-refractivity contribution < 1.29 is 33.0 Å². The van der Waals surface area contributed by atoms with E-state index >= 15 is 0 Å². The van der Waals surface area contributed by atoms with E-state index in [9.17, 15) is 23.9 Å². The maximum atomic E-state index is 14.8. The number of oxazole rings is 1. The molecule has 9 heteroatoms. The number of Topliss-reactive ketones (excluding diaryl/α,β-unsaturated/α-hetero) is 1. The van der Waals surface area contributed by atoms with Gasteiger partial charge in [-0.25, -0.2) is 14.2 Å². The predicted octanol–water partition coefficient (Wildman–Crippen LogP) is 6.73. The molecule has 1 N–H and O–H groups in total. The fraction of sp³-hybridized carbons (Fsp3) is 0.486. The number of nitrogens with zero attached hydrogens (tertiary/aromatic N) is 1. The highest BCUT2D eigenvalue weighted by Crippen LogP contribution is 2.68. The van der Waals surface area contributed by atoms with E-state index in [1.165, 1.54) is 18.2 Å². The van der Waals surface area contributed by atoms with Crippen LogP contribution in [0.5, 0.6) is 0 Å². The average molecular weight is 618 g/mol. The molecule has 0 bridgehead atoms. The summed E-state index contributed by atoms with van der Waals surface area (Å²) in [7, 11) is 0. The van der Waals surface area contributed by atoms with Crippen molar-refractivity contribution in [3.63, 3.8) is 0 Å². The van der Waals surface area contributed by atoms with E-state index in [1.54, 1.807) is 12.1 Å². The van der Waals surface area contributed by atoms with Crippen molar-refractivity contribution in [2.24, 2.45) is 28.6 Å². The van der Waals surface area contributed by atoms with Gasteiger partial charge in [0.05, 0.1) is 17.4 Å². The van der Waals surface area contributed by atoms with Gasteiger partial charge in [-0.05, 0) is 92.0 Å². The largest absolute Gasteiger partial charge is 0.447 e. The molecule has 44 heavy (non-hydrogen) atoms. The molecule has 7 atom stereocenters. The van der Waals surface area contributed by atoms with Gasteiger partial charge in [0.2, 0.25) is 0 Å². The van der Waals surface area contributed by atoms with Crippen molar-refractivity contribution in [2.45, 2.75) is 75.7 Å². The number of ether oxygens (including phenoxy) is 1. The molecule has 1 aromatic heterocycles. The molecular weight excluding hydrogens is 581 g/mol. The van der Waals surface area contributed by atoms with Crippen LogP contribution >= 0.6 is 11.8 Å². The molecule has 2 aromatic carbocycles. The normalized spacial score (nSPS) is 34.5. The van der Waals surface area contributed by atoms with Crippen molar-refractivity contribution in [1.29, 1.82) is 0 Å². The molecule has 1 heterocycles. The first-order valence-corrected chi connectivity index (χ1v) is 16.5. The van der Waals surface area contributed by atoms with Crippen LogP contribution in [0.25, 0.3) is 11.1 Å². The van der Waals surface area contributed by atoms with E-state index in [-0.39, 0.29) is 58.9 Å². The minimum Gasteiger partial charge on any atom is -0.447 e. The van der Waals surface area contributed by atoms with Gasteiger partial charge in [0.25, 0.3) is 5.22 Å². The fourth-order valence-electron chi connectivity index (χ4n) is 9.35. The van der Waals surface area contributed by atoms with Gasteiger partial charge in [0.15, 0.2) is 22.8 Å². The van der Waals surface area contributed by atoms with Crippen molar-refractivity contribution in [3.05, 3.63) is 71.6 Å². The molecule has 0 aliphatic heterocycles. The first kappa shape index (κ1) is 29.4. The number of benzene rings is 2. The lowest BCUT2D eigenvalue weighted by atomic mass is 9.45. The summed E-state index contributed by atoms with van der Waals surface area (Å²) in [5.74, 6) is -1.77. The zero-order valence-corrected chi connectivity index (χ0v) is 25.7. The number of carbonyl (C=O) groups excluding carboxylic acids is 3. The third-order valence-electron chi connectivity index (χ3n) is 11.4. The number of hydrogen-bond acceptors (Lipinski definition) is 8. The predicted molar refractivity (Wildman–Crippen MR) is 162 cm³/mol. The Kier molecular flexibility index (Phi) is 7.12. The Morgan fingerprint density at radius 1 is 1.09 bits per heavy atom. The fourth-order valence-corrected chi connectivity index (χ4v) is 10.2. The summed E-state index contributed by atoms with van der Waals surface area (Å²) in [5.41, 5.74) is -0.545. The van der Waals surface area contributed by atoms with Crippen LogP contribution in [0.15, 0.2) is 69.8 Å². The van der Waals surface area contributed by atoms with E-state index in [1.807, 2.05) is 31.2 Å². The monoisotopic (exact) mass is 617 g/mol. The van der Waals surface area contributed by atoms with E-state index in [0.717, 1.165) is 30.2 Å². The van der Waals surface area contributed by atoms with E-state index in [4.69, 9.17) is 9.15 Å². The van der Waals surface area contributed by atoms with Crippen LogP contribution < -0.4 is 0 Å². The Morgan fingerprint density at radius 3 is 2.66 bits per heavy atom. The van der Waals surface area contributed by atoms with Crippen LogP contribution in [-0.4, -0.2) is 45.1 Å². The lowest BCUT2D eigenvalue weighted by molar-refractivity contribution is -0.180. The van der Waals surface area contributed by atoms with Crippen LogP contribution in [0.2, 0.25) is 0 Å². The van der Waals surface area contributed by atoms with Gasteiger partial charge in [-0.3, -0.25) is 9.59 Å². The summed E-state index contributed by atoms with van der Waals surface area (Å²) >= 11 is 1.15. The number of fused-ring (bicyclic) bond motifs is 6. The zero-order chi connectivity index (χ0) is 30.9. The number of hydrogen-bond donors (Lipinski definition) is 1. The quantitative estimate of drug-likeness (QED) is 0.240. The SMILES string of the molecule is CC12CCC(=O)C=C1CCC1C2C(O)CC2(C)C1CC[C@]2(OC(=O)c1ccccc1F)C(=O)CSc1nc2ccccc2o1. The first-order chi connectivity index (χ1) is 21.1. The van der Waals surface area contributed by atoms with Crippen LogP contribution in [0.3, 0.4) is 0 Å². The Labute approximate surface area is 259 Å².